The molecule has 1 aromatic carbocycles. The zero-order valence-corrected chi connectivity index (χ0v) is 14.9. The quantitative estimate of drug-likeness (QED) is 0.672. The maximum Gasteiger partial charge on any atom is 0.261 e. The number of rotatable bonds is 3. The number of amides is 1. The Morgan fingerprint density at radius 2 is 1.62 bits per heavy atom. The van der Waals surface area contributed by atoms with E-state index in [2.05, 4.69) is 17.4 Å². The molecule has 1 N–H and O–H groups in total. The van der Waals surface area contributed by atoms with Gasteiger partial charge in [-0.25, -0.2) is 0 Å². The Labute approximate surface area is 153 Å². The van der Waals surface area contributed by atoms with E-state index >= 15 is 0 Å². The highest BCUT2D eigenvalue weighted by molar-refractivity contribution is 6.03. The fourth-order valence-corrected chi connectivity index (χ4v) is 6.16. The normalized spacial score (nSPS) is 31.8. The molecule has 0 saturated heterocycles. The van der Waals surface area contributed by atoms with Crippen LogP contribution in [0.5, 0.6) is 0 Å². The molecule has 1 amide bonds. The Hall–Kier alpha value is -2.36. The number of aromatic nitrogens is 1. The first kappa shape index (κ1) is 15.9. The summed E-state index contributed by atoms with van der Waals surface area (Å²) in [5.74, 6) is 2.53. The summed E-state index contributed by atoms with van der Waals surface area (Å²) in [4.78, 5) is 12.3. The lowest BCUT2D eigenvalue weighted by atomic mass is 9.48. The van der Waals surface area contributed by atoms with Gasteiger partial charge >= 0.3 is 0 Å². The summed E-state index contributed by atoms with van der Waals surface area (Å²) in [5.41, 5.74) is 2.98. The Morgan fingerprint density at radius 1 is 1.00 bits per heavy atom. The lowest BCUT2D eigenvalue weighted by molar-refractivity contribution is -0.605. The third-order valence-corrected chi connectivity index (χ3v) is 6.83. The average Bonchev–Trinajstić information content (AvgIpc) is 2.61. The van der Waals surface area contributed by atoms with Crippen LogP contribution >= 0.6 is 0 Å². The largest absolute Gasteiger partial charge is 0.619 e. The van der Waals surface area contributed by atoms with Crippen molar-refractivity contribution in [2.45, 2.75) is 43.9 Å². The Balaban J connectivity index is 1.34. The summed E-state index contributed by atoms with van der Waals surface area (Å²) in [6.07, 6.45) is 11.0. The zero-order valence-electron chi connectivity index (χ0n) is 14.9. The summed E-state index contributed by atoms with van der Waals surface area (Å²) in [6.45, 7) is 0. The van der Waals surface area contributed by atoms with E-state index in [1.54, 1.807) is 12.1 Å². The zero-order chi connectivity index (χ0) is 17.7. The summed E-state index contributed by atoms with van der Waals surface area (Å²) in [6, 6.07) is 11.7. The van der Waals surface area contributed by atoms with Crippen LogP contribution in [0.15, 0.2) is 48.8 Å². The minimum atomic E-state index is -0.252. The number of hydrogen-bond donors (Lipinski definition) is 1. The van der Waals surface area contributed by atoms with E-state index in [0.717, 1.165) is 23.4 Å². The summed E-state index contributed by atoms with van der Waals surface area (Å²) < 4.78 is 0.644. The number of benzene rings is 1. The molecule has 4 aliphatic carbocycles. The number of anilines is 1. The molecule has 4 fully saturated rings. The number of nitrogens with one attached hydrogen (secondary N) is 1. The van der Waals surface area contributed by atoms with Gasteiger partial charge in [-0.15, -0.1) is 0 Å². The van der Waals surface area contributed by atoms with Gasteiger partial charge in [0.1, 0.15) is 5.56 Å². The lowest BCUT2D eigenvalue weighted by Crippen LogP contribution is -2.48. The van der Waals surface area contributed by atoms with Crippen LogP contribution in [-0.4, -0.2) is 5.91 Å². The summed E-state index contributed by atoms with van der Waals surface area (Å²) in [7, 11) is 0. The number of carbonyl (C=O) groups excluding carboxylic acids is 1. The maximum absolute atomic E-state index is 12.3. The van der Waals surface area contributed by atoms with Crippen molar-refractivity contribution in [3.63, 3.8) is 0 Å². The number of hydrogen-bond acceptors (Lipinski definition) is 2. The topological polar surface area (TPSA) is 56.0 Å². The molecule has 1 aromatic heterocycles. The predicted octanol–water partition coefficient (Wildman–Crippen LogP) is 4.04. The fraction of sp³-hybridized carbons (Fsp3) is 0.455. The van der Waals surface area contributed by atoms with Crippen LogP contribution in [0.4, 0.5) is 5.69 Å². The maximum atomic E-state index is 12.3. The molecular formula is C22H24N2O2. The number of nitrogens with zero attached hydrogens (tertiary/aromatic N) is 1. The molecule has 4 nitrogen and oxygen atoms in total. The van der Waals surface area contributed by atoms with E-state index in [9.17, 15) is 10.0 Å². The van der Waals surface area contributed by atoms with Gasteiger partial charge in [-0.2, -0.15) is 4.73 Å². The average molecular weight is 348 g/mol. The third kappa shape index (κ3) is 2.68. The molecule has 0 atom stereocenters. The predicted molar refractivity (Wildman–Crippen MR) is 99.6 cm³/mol. The van der Waals surface area contributed by atoms with Gasteiger partial charge in [0.15, 0.2) is 12.4 Å². The molecule has 0 radical (unpaired) electrons. The van der Waals surface area contributed by atoms with Crippen LogP contribution in [0, 0.1) is 23.0 Å². The Kier molecular flexibility index (Phi) is 3.56. The molecule has 134 valence electrons. The van der Waals surface area contributed by atoms with Crippen molar-refractivity contribution in [2.75, 3.05) is 5.32 Å². The van der Waals surface area contributed by atoms with Gasteiger partial charge in [-0.1, -0.05) is 12.1 Å². The van der Waals surface area contributed by atoms with Crippen molar-refractivity contribution in [2.24, 2.45) is 17.8 Å². The van der Waals surface area contributed by atoms with Gasteiger partial charge in [-0.05, 0) is 85.5 Å². The van der Waals surface area contributed by atoms with Gasteiger partial charge in [-0.3, -0.25) is 4.79 Å². The molecule has 0 spiro atoms. The van der Waals surface area contributed by atoms with E-state index in [-0.39, 0.29) is 5.91 Å². The van der Waals surface area contributed by atoms with Crippen LogP contribution in [0.3, 0.4) is 0 Å². The SMILES string of the molecule is O=C(Nc1ccc(C23CC4CC(CC(C4)C2)C3)cc1)c1ccc[n+]([O-])c1. The summed E-state index contributed by atoms with van der Waals surface area (Å²) >= 11 is 0. The van der Waals surface area contributed by atoms with Crippen molar-refractivity contribution >= 4 is 11.6 Å². The van der Waals surface area contributed by atoms with Crippen molar-refractivity contribution < 1.29 is 9.52 Å². The van der Waals surface area contributed by atoms with Crippen LogP contribution in [0.2, 0.25) is 0 Å². The highest BCUT2D eigenvalue weighted by Gasteiger charge is 2.51. The molecule has 4 heteroatoms. The molecule has 26 heavy (non-hydrogen) atoms. The highest BCUT2D eigenvalue weighted by Crippen LogP contribution is 2.60. The first-order valence-corrected chi connectivity index (χ1v) is 9.70. The second kappa shape index (κ2) is 5.83. The number of pyridine rings is 1. The van der Waals surface area contributed by atoms with Gasteiger partial charge in [0.05, 0.1) is 0 Å². The first-order valence-electron chi connectivity index (χ1n) is 9.70. The fourth-order valence-electron chi connectivity index (χ4n) is 6.16. The second-order valence-corrected chi connectivity index (χ2v) is 8.68. The Morgan fingerprint density at radius 3 is 2.19 bits per heavy atom. The van der Waals surface area contributed by atoms with Crippen molar-refractivity contribution in [1.29, 1.82) is 0 Å². The molecule has 0 unspecified atom stereocenters. The molecule has 0 aliphatic heterocycles. The highest BCUT2D eigenvalue weighted by atomic mass is 16.5. The van der Waals surface area contributed by atoms with E-state index in [0.29, 0.717) is 15.7 Å². The molecule has 4 aliphatic rings. The first-order chi connectivity index (χ1) is 12.6. The van der Waals surface area contributed by atoms with Crippen molar-refractivity contribution in [3.05, 3.63) is 65.1 Å². The van der Waals surface area contributed by atoms with Gasteiger partial charge in [0.25, 0.3) is 5.91 Å². The standard InChI is InChI=1S/C22H24N2O2/c25-21(18-2-1-7-24(26)14-18)23-20-5-3-19(4-6-20)22-11-15-8-16(12-22)10-17(9-15)13-22/h1-7,14-17H,8-13H2,(H,23,25). The van der Waals surface area contributed by atoms with Gasteiger partial charge < -0.3 is 10.5 Å². The van der Waals surface area contributed by atoms with Crippen molar-refractivity contribution in [3.8, 4) is 0 Å². The molecule has 1 heterocycles. The smallest absolute Gasteiger partial charge is 0.261 e. The van der Waals surface area contributed by atoms with Gasteiger partial charge in [0.2, 0.25) is 0 Å². The minimum Gasteiger partial charge on any atom is -0.619 e. The second-order valence-electron chi connectivity index (χ2n) is 8.68. The number of carbonyl (C=O) groups is 1. The van der Waals surface area contributed by atoms with Crippen LogP contribution in [0.25, 0.3) is 0 Å². The minimum absolute atomic E-state index is 0.252. The van der Waals surface area contributed by atoms with E-state index in [4.69, 9.17) is 0 Å². The lowest BCUT2D eigenvalue weighted by Gasteiger charge is -2.57. The molecule has 4 saturated carbocycles. The van der Waals surface area contributed by atoms with Crippen LogP contribution in [-0.2, 0) is 5.41 Å². The molecular weight excluding hydrogens is 324 g/mol. The monoisotopic (exact) mass is 348 g/mol. The van der Waals surface area contributed by atoms with Crippen LogP contribution < -0.4 is 10.0 Å². The van der Waals surface area contributed by atoms with E-state index in [1.807, 2.05) is 12.1 Å². The molecule has 6 rings (SSSR count). The van der Waals surface area contributed by atoms with Gasteiger partial charge in [0, 0.05) is 11.8 Å². The summed E-state index contributed by atoms with van der Waals surface area (Å²) in [5, 5.41) is 14.2. The van der Waals surface area contributed by atoms with E-state index < -0.39 is 0 Å². The molecule has 4 bridgehead atoms. The Bertz CT molecular complexity index is 808. The third-order valence-electron chi connectivity index (χ3n) is 6.83. The molecule has 2 aromatic rings. The van der Waals surface area contributed by atoms with Crippen molar-refractivity contribution in [1.82, 2.24) is 0 Å². The van der Waals surface area contributed by atoms with E-state index in [1.165, 1.54) is 56.5 Å². The van der Waals surface area contributed by atoms with Crippen LogP contribution in [0.1, 0.15) is 54.4 Å².